The fraction of sp³-hybridized carbons (Fsp3) is 0.167. The Morgan fingerprint density at radius 3 is 2.60 bits per heavy atom. The van der Waals surface area contributed by atoms with Gasteiger partial charge in [0, 0.05) is 6.42 Å². The van der Waals surface area contributed by atoms with E-state index in [9.17, 15) is 5.11 Å². The van der Waals surface area contributed by atoms with E-state index in [0.717, 1.165) is 5.56 Å². The smallest absolute Gasteiger partial charge is 0.0838 e. The van der Waals surface area contributed by atoms with Crippen molar-refractivity contribution in [3.63, 3.8) is 0 Å². The summed E-state index contributed by atoms with van der Waals surface area (Å²) in [6, 6.07) is 12.1. The number of thiophene rings is 1. The van der Waals surface area contributed by atoms with Gasteiger partial charge in [-0.25, -0.2) is 0 Å². The van der Waals surface area contributed by atoms with Crippen LogP contribution in [0.1, 0.15) is 17.2 Å². The lowest BCUT2D eigenvalue weighted by Gasteiger charge is -2.08. The number of benzene rings is 1. The largest absolute Gasteiger partial charge is 0.388 e. The van der Waals surface area contributed by atoms with E-state index < -0.39 is 0 Å². The lowest BCUT2D eigenvalue weighted by atomic mass is 10.0. The number of aliphatic hydroxyl groups is 1. The van der Waals surface area contributed by atoms with E-state index in [1.165, 1.54) is 8.45 Å². The second-order valence-electron chi connectivity index (χ2n) is 3.39. The highest BCUT2D eigenvalue weighted by Crippen LogP contribution is 2.24. The lowest BCUT2D eigenvalue weighted by molar-refractivity contribution is 0.179. The van der Waals surface area contributed by atoms with Crippen LogP contribution in [-0.4, -0.2) is 5.11 Å². The first-order chi connectivity index (χ1) is 7.25. The average Bonchev–Trinajstić information content (AvgIpc) is 2.66. The molecule has 0 aliphatic rings. The predicted molar refractivity (Wildman–Crippen MR) is 72.1 cm³/mol. The van der Waals surface area contributed by atoms with Crippen molar-refractivity contribution in [1.82, 2.24) is 0 Å². The molecule has 1 unspecified atom stereocenters. The van der Waals surface area contributed by atoms with Gasteiger partial charge in [0.1, 0.15) is 0 Å². The second-order valence-corrected chi connectivity index (χ2v) is 6.20. The van der Waals surface area contributed by atoms with Gasteiger partial charge in [0.2, 0.25) is 0 Å². The van der Waals surface area contributed by atoms with Crippen molar-refractivity contribution in [3.05, 3.63) is 55.8 Å². The van der Waals surface area contributed by atoms with E-state index in [1.54, 1.807) is 11.3 Å². The topological polar surface area (TPSA) is 20.2 Å². The quantitative estimate of drug-likeness (QED) is 0.852. The molecule has 0 saturated carbocycles. The van der Waals surface area contributed by atoms with Gasteiger partial charge < -0.3 is 5.11 Å². The van der Waals surface area contributed by atoms with Gasteiger partial charge in [0.25, 0.3) is 0 Å². The van der Waals surface area contributed by atoms with Crippen molar-refractivity contribution in [2.24, 2.45) is 0 Å². The predicted octanol–water partition coefficient (Wildman–Crippen LogP) is 3.63. The van der Waals surface area contributed by atoms with Gasteiger partial charge in [-0.3, -0.25) is 0 Å². The van der Waals surface area contributed by atoms with Crippen LogP contribution in [0.5, 0.6) is 0 Å². The highest BCUT2D eigenvalue weighted by Gasteiger charge is 2.09. The molecule has 0 aliphatic heterocycles. The zero-order valence-electron chi connectivity index (χ0n) is 8.06. The van der Waals surface area contributed by atoms with Gasteiger partial charge in [-0.15, -0.1) is 11.3 Å². The lowest BCUT2D eigenvalue weighted by Crippen LogP contribution is -1.99. The minimum absolute atomic E-state index is 0.382. The van der Waals surface area contributed by atoms with Crippen LogP contribution >= 0.6 is 33.9 Å². The maximum Gasteiger partial charge on any atom is 0.0838 e. The molecule has 1 atom stereocenters. The molecule has 0 spiro atoms. The summed E-state index contributed by atoms with van der Waals surface area (Å²) in [7, 11) is 0. The normalized spacial score (nSPS) is 12.7. The van der Waals surface area contributed by atoms with Crippen LogP contribution in [0.4, 0.5) is 0 Å². The molecule has 0 fully saturated rings. The Bertz CT molecular complexity index is 424. The fourth-order valence-electron chi connectivity index (χ4n) is 1.45. The summed E-state index contributed by atoms with van der Waals surface area (Å²) in [6.07, 6.45) is 0.306. The summed E-state index contributed by atoms with van der Waals surface area (Å²) in [4.78, 5) is 0. The van der Waals surface area contributed by atoms with Crippen LogP contribution in [-0.2, 0) is 6.42 Å². The van der Waals surface area contributed by atoms with Gasteiger partial charge in [-0.05, 0) is 45.2 Å². The maximum absolute atomic E-state index is 9.99. The molecular formula is C12H11IOS. The second kappa shape index (κ2) is 5.09. The van der Waals surface area contributed by atoms with Gasteiger partial charge in [-0.1, -0.05) is 30.3 Å². The summed E-state index contributed by atoms with van der Waals surface area (Å²) in [5.41, 5.74) is 2.19. The number of rotatable bonds is 3. The Hall–Kier alpha value is -0.390. The molecule has 1 N–H and O–H groups in total. The first-order valence-corrected chi connectivity index (χ1v) is 6.67. The van der Waals surface area contributed by atoms with E-state index in [2.05, 4.69) is 22.6 Å². The van der Waals surface area contributed by atoms with Crippen LogP contribution < -0.4 is 0 Å². The van der Waals surface area contributed by atoms with Crippen LogP contribution in [0.3, 0.4) is 0 Å². The van der Waals surface area contributed by atoms with E-state index in [4.69, 9.17) is 0 Å². The molecule has 1 aromatic carbocycles. The Labute approximate surface area is 107 Å². The Balaban J connectivity index is 2.07. The van der Waals surface area contributed by atoms with Crippen molar-refractivity contribution in [3.8, 4) is 0 Å². The molecule has 2 rings (SSSR count). The summed E-state index contributed by atoms with van der Waals surface area (Å²) >= 11 is 3.94. The molecule has 3 heteroatoms. The van der Waals surface area contributed by atoms with Crippen LogP contribution in [0.25, 0.3) is 0 Å². The molecular weight excluding hydrogens is 319 g/mol. The number of halogens is 1. The molecule has 0 aliphatic carbocycles. The number of hydrogen-bond acceptors (Lipinski definition) is 2. The first kappa shape index (κ1) is 11.1. The summed E-state index contributed by atoms with van der Waals surface area (Å²) in [5.74, 6) is 0. The molecule has 2 aromatic rings. The van der Waals surface area contributed by atoms with Crippen molar-refractivity contribution in [1.29, 1.82) is 0 Å². The Kier molecular flexibility index (Phi) is 3.77. The van der Waals surface area contributed by atoms with Crippen LogP contribution in [0, 0.1) is 2.88 Å². The van der Waals surface area contributed by atoms with E-state index in [0.29, 0.717) is 6.42 Å². The van der Waals surface area contributed by atoms with E-state index in [-0.39, 0.29) is 6.10 Å². The van der Waals surface area contributed by atoms with Crippen molar-refractivity contribution in [2.75, 3.05) is 0 Å². The molecule has 0 saturated heterocycles. The summed E-state index contributed by atoms with van der Waals surface area (Å²) in [6.45, 7) is 0. The molecule has 0 amide bonds. The molecule has 15 heavy (non-hydrogen) atoms. The molecule has 1 nitrogen and oxygen atoms in total. The Morgan fingerprint density at radius 1 is 1.27 bits per heavy atom. The number of hydrogen-bond donors (Lipinski definition) is 1. The van der Waals surface area contributed by atoms with Crippen LogP contribution in [0.2, 0.25) is 0 Å². The summed E-state index contributed by atoms with van der Waals surface area (Å²) < 4.78 is 1.22. The molecule has 78 valence electrons. The molecule has 0 radical (unpaired) electrons. The fourth-order valence-corrected chi connectivity index (χ4v) is 2.87. The van der Waals surface area contributed by atoms with Crippen molar-refractivity contribution in [2.45, 2.75) is 12.5 Å². The third kappa shape index (κ3) is 3.03. The van der Waals surface area contributed by atoms with E-state index >= 15 is 0 Å². The Morgan fingerprint density at radius 2 is 2.00 bits per heavy atom. The van der Waals surface area contributed by atoms with Crippen LogP contribution in [0.15, 0.2) is 41.8 Å². The van der Waals surface area contributed by atoms with Crippen molar-refractivity contribution < 1.29 is 5.11 Å². The monoisotopic (exact) mass is 330 g/mol. The summed E-state index contributed by atoms with van der Waals surface area (Å²) in [5, 5.41) is 12.0. The standard InChI is InChI=1S/C12H11IOS/c13-12-7-10(8-15-12)11(14)6-9-4-2-1-3-5-9/h1-5,7-8,11,14H,6H2. The minimum Gasteiger partial charge on any atom is -0.388 e. The van der Waals surface area contributed by atoms with Gasteiger partial charge in [0.05, 0.1) is 8.99 Å². The van der Waals surface area contributed by atoms with Gasteiger partial charge >= 0.3 is 0 Å². The zero-order valence-corrected chi connectivity index (χ0v) is 11.0. The van der Waals surface area contributed by atoms with Gasteiger partial charge in [0.15, 0.2) is 0 Å². The molecule has 1 aromatic heterocycles. The van der Waals surface area contributed by atoms with Gasteiger partial charge in [-0.2, -0.15) is 0 Å². The third-order valence-electron chi connectivity index (χ3n) is 2.24. The number of aliphatic hydroxyl groups excluding tert-OH is 1. The highest BCUT2D eigenvalue weighted by molar-refractivity contribution is 14.1. The third-order valence-corrected chi connectivity index (χ3v) is 4.05. The first-order valence-electron chi connectivity index (χ1n) is 4.71. The van der Waals surface area contributed by atoms with Crippen molar-refractivity contribution >= 4 is 33.9 Å². The van der Waals surface area contributed by atoms with E-state index in [1.807, 2.05) is 41.8 Å². The highest BCUT2D eigenvalue weighted by atomic mass is 127. The zero-order chi connectivity index (χ0) is 10.7. The maximum atomic E-state index is 9.99. The molecule has 0 bridgehead atoms. The minimum atomic E-state index is -0.382. The average molecular weight is 330 g/mol. The SMILES string of the molecule is OC(Cc1ccccc1)c1csc(I)c1. The molecule has 1 heterocycles.